The van der Waals surface area contributed by atoms with Gasteiger partial charge in [0.15, 0.2) is 0 Å². The van der Waals surface area contributed by atoms with Gasteiger partial charge in [0.2, 0.25) is 0 Å². The van der Waals surface area contributed by atoms with Crippen LogP contribution in [-0.2, 0) is 14.3 Å². The molecule has 0 spiro atoms. The molecule has 0 radical (unpaired) electrons. The number of carbonyl (C=O) groups excluding carboxylic acids is 2. The third-order valence-electron chi connectivity index (χ3n) is 11.2. The number of ketones is 1. The molecule has 0 saturated heterocycles. The zero-order valence-electron chi connectivity index (χ0n) is 21.6. The van der Waals surface area contributed by atoms with Crippen LogP contribution in [0.15, 0.2) is 0 Å². The summed E-state index contributed by atoms with van der Waals surface area (Å²) >= 11 is 0. The minimum absolute atomic E-state index is 0.0555. The zero-order chi connectivity index (χ0) is 23.3. The molecule has 32 heavy (non-hydrogen) atoms. The third-order valence-corrected chi connectivity index (χ3v) is 11.2. The second-order valence-corrected chi connectivity index (χ2v) is 13.1. The van der Waals surface area contributed by atoms with Crippen molar-refractivity contribution in [1.29, 1.82) is 0 Å². The smallest absolute Gasteiger partial charge is 0.302 e. The fourth-order valence-electron chi connectivity index (χ4n) is 9.39. The van der Waals surface area contributed by atoms with Crippen molar-refractivity contribution in [1.82, 2.24) is 0 Å². The van der Waals surface area contributed by atoms with Crippen LogP contribution in [0.2, 0.25) is 0 Å². The van der Waals surface area contributed by atoms with Crippen LogP contribution in [0.1, 0.15) is 112 Å². The van der Waals surface area contributed by atoms with Crippen LogP contribution in [0.25, 0.3) is 0 Å². The third kappa shape index (κ3) is 4.20. The van der Waals surface area contributed by atoms with E-state index >= 15 is 0 Å². The van der Waals surface area contributed by atoms with E-state index in [-0.39, 0.29) is 12.1 Å². The molecule has 0 aromatic rings. The monoisotopic (exact) mass is 444 g/mol. The van der Waals surface area contributed by atoms with Crippen LogP contribution in [0.4, 0.5) is 0 Å². The van der Waals surface area contributed by atoms with Gasteiger partial charge in [0.25, 0.3) is 0 Å². The number of hydrogen-bond donors (Lipinski definition) is 0. The van der Waals surface area contributed by atoms with Gasteiger partial charge < -0.3 is 4.74 Å². The maximum absolute atomic E-state index is 12.2. The van der Waals surface area contributed by atoms with Crippen molar-refractivity contribution in [3.8, 4) is 0 Å². The Morgan fingerprint density at radius 2 is 1.69 bits per heavy atom. The number of rotatable bonds is 6. The molecule has 0 unspecified atom stereocenters. The predicted molar refractivity (Wildman–Crippen MR) is 129 cm³/mol. The first-order valence-electron chi connectivity index (χ1n) is 13.7. The summed E-state index contributed by atoms with van der Waals surface area (Å²) < 4.78 is 5.63. The highest BCUT2D eigenvalue weighted by atomic mass is 16.5. The second-order valence-electron chi connectivity index (χ2n) is 13.1. The lowest BCUT2D eigenvalue weighted by Gasteiger charge is -2.60. The highest BCUT2D eigenvalue weighted by molar-refractivity contribution is 5.79. The minimum atomic E-state index is -0.143. The number of ether oxygens (including phenoxy) is 1. The van der Waals surface area contributed by atoms with Gasteiger partial charge in [0, 0.05) is 19.8 Å². The quantitative estimate of drug-likeness (QED) is 0.406. The Hall–Kier alpha value is -0.860. The molecule has 0 N–H and O–H groups in total. The topological polar surface area (TPSA) is 43.4 Å². The molecule has 0 bridgehead atoms. The fraction of sp³-hybridized carbons (Fsp3) is 0.931. The Kier molecular flexibility index (Phi) is 6.87. The molecular weight excluding hydrogens is 396 g/mol. The minimum Gasteiger partial charge on any atom is -0.462 e. The van der Waals surface area contributed by atoms with Gasteiger partial charge in [-0.05, 0) is 110 Å². The molecule has 0 heterocycles. The van der Waals surface area contributed by atoms with Gasteiger partial charge in [-0.15, -0.1) is 0 Å². The lowest BCUT2D eigenvalue weighted by molar-refractivity contribution is -0.149. The van der Waals surface area contributed by atoms with E-state index < -0.39 is 0 Å². The summed E-state index contributed by atoms with van der Waals surface area (Å²) in [6, 6.07) is 0. The van der Waals surface area contributed by atoms with Gasteiger partial charge in [-0.25, -0.2) is 0 Å². The number of carbonyl (C=O) groups is 2. The molecule has 4 aliphatic carbocycles. The van der Waals surface area contributed by atoms with E-state index in [4.69, 9.17) is 4.74 Å². The first-order valence-corrected chi connectivity index (χ1v) is 13.7. The van der Waals surface area contributed by atoms with Crippen molar-refractivity contribution >= 4 is 11.8 Å². The molecule has 0 aliphatic heterocycles. The van der Waals surface area contributed by atoms with Crippen LogP contribution in [0.5, 0.6) is 0 Å². The molecule has 4 saturated carbocycles. The van der Waals surface area contributed by atoms with Gasteiger partial charge in [-0.1, -0.05) is 34.6 Å². The van der Waals surface area contributed by atoms with Crippen molar-refractivity contribution in [2.45, 2.75) is 118 Å². The molecule has 0 amide bonds. The van der Waals surface area contributed by atoms with Gasteiger partial charge in [-0.2, -0.15) is 0 Å². The maximum Gasteiger partial charge on any atom is 0.302 e. The van der Waals surface area contributed by atoms with Crippen molar-refractivity contribution in [3.05, 3.63) is 0 Å². The summed E-state index contributed by atoms with van der Waals surface area (Å²) in [5.41, 5.74) is 0.888. The Balaban J connectivity index is 1.43. The van der Waals surface area contributed by atoms with E-state index in [9.17, 15) is 9.59 Å². The average Bonchev–Trinajstić information content (AvgIpc) is 3.08. The Morgan fingerprint density at radius 3 is 2.38 bits per heavy atom. The van der Waals surface area contributed by atoms with Crippen LogP contribution < -0.4 is 0 Å². The van der Waals surface area contributed by atoms with Gasteiger partial charge in [0.05, 0.1) is 0 Å². The highest BCUT2D eigenvalue weighted by Crippen LogP contribution is 2.68. The lowest BCUT2D eigenvalue weighted by atomic mass is 9.44. The van der Waals surface area contributed by atoms with Crippen molar-refractivity contribution in [3.63, 3.8) is 0 Å². The standard InChI is InChI=1S/C29H48O3/c1-18(2)27(32-20(4)30)12-7-19(3)24-10-11-25-23-9-8-21-17-22(31)13-15-28(21,5)26(23)14-16-29(24,25)6/h18-19,21,23-27H,7-17H2,1-6H3/t19-,21-,23+,24-,25+,26+,27+,28+,29-/m1/s1. The normalized spacial score (nSPS) is 43.2. The lowest BCUT2D eigenvalue weighted by Crippen LogP contribution is -2.53. The number of fused-ring (bicyclic) bond motifs is 5. The largest absolute Gasteiger partial charge is 0.462 e. The van der Waals surface area contributed by atoms with E-state index in [1.165, 1.54) is 51.9 Å². The van der Waals surface area contributed by atoms with Gasteiger partial charge >= 0.3 is 5.97 Å². The summed E-state index contributed by atoms with van der Waals surface area (Å²) in [6.45, 7) is 13.5. The average molecular weight is 445 g/mol. The fourth-order valence-corrected chi connectivity index (χ4v) is 9.39. The summed E-state index contributed by atoms with van der Waals surface area (Å²) in [4.78, 5) is 23.7. The Bertz CT molecular complexity index is 713. The zero-order valence-corrected chi connectivity index (χ0v) is 21.6. The number of esters is 1. The van der Waals surface area contributed by atoms with Gasteiger partial charge in [0.1, 0.15) is 11.9 Å². The van der Waals surface area contributed by atoms with E-state index in [0.717, 1.165) is 49.4 Å². The van der Waals surface area contributed by atoms with E-state index in [1.54, 1.807) is 0 Å². The summed E-state index contributed by atoms with van der Waals surface area (Å²) in [5, 5.41) is 0. The van der Waals surface area contributed by atoms with Crippen LogP contribution in [0, 0.1) is 52.3 Å². The molecule has 0 aromatic heterocycles. The van der Waals surface area contributed by atoms with Crippen LogP contribution in [-0.4, -0.2) is 17.9 Å². The van der Waals surface area contributed by atoms with Crippen molar-refractivity contribution in [2.75, 3.05) is 0 Å². The highest BCUT2D eigenvalue weighted by Gasteiger charge is 2.60. The van der Waals surface area contributed by atoms with Crippen LogP contribution in [0.3, 0.4) is 0 Å². The molecule has 0 aromatic carbocycles. The Morgan fingerprint density at radius 1 is 0.969 bits per heavy atom. The molecular formula is C29H48O3. The second kappa shape index (κ2) is 9.06. The molecule has 182 valence electrons. The molecule has 3 nitrogen and oxygen atoms in total. The maximum atomic E-state index is 12.2. The summed E-state index contributed by atoms with van der Waals surface area (Å²) in [5.74, 6) is 5.51. The Labute approximate surface area is 196 Å². The van der Waals surface area contributed by atoms with E-state index in [2.05, 4.69) is 34.6 Å². The van der Waals surface area contributed by atoms with Crippen molar-refractivity contribution < 1.29 is 14.3 Å². The summed E-state index contributed by atoms with van der Waals surface area (Å²) in [7, 11) is 0. The molecule has 4 fully saturated rings. The summed E-state index contributed by atoms with van der Waals surface area (Å²) in [6.07, 6.45) is 13.2. The van der Waals surface area contributed by atoms with E-state index in [1.807, 2.05) is 0 Å². The first-order chi connectivity index (χ1) is 15.1. The van der Waals surface area contributed by atoms with Crippen molar-refractivity contribution in [2.24, 2.45) is 52.3 Å². The number of hydrogen-bond acceptors (Lipinski definition) is 3. The van der Waals surface area contributed by atoms with Gasteiger partial charge in [-0.3, -0.25) is 9.59 Å². The first kappa shape index (κ1) is 24.3. The number of Topliss-reactive ketones (excluding diaryl/α,β-unsaturated/α-hetero) is 1. The molecule has 4 aliphatic rings. The molecule has 4 rings (SSSR count). The molecule has 9 atom stereocenters. The van der Waals surface area contributed by atoms with E-state index in [0.29, 0.717) is 34.4 Å². The molecule has 3 heteroatoms. The predicted octanol–water partition coefficient (Wildman–Crippen LogP) is 7.22. The van der Waals surface area contributed by atoms with Crippen LogP contribution >= 0.6 is 0 Å². The SMILES string of the molecule is CC(=O)O[C@@H](CC[C@@H](C)[C@H]1CC[C@H]2[C@@H]3CC[C@@H]4CC(=O)CC[C@]4(C)[C@H]3CC[C@]12C)C(C)C.